The molecule has 2 aromatic heterocycles. The second-order valence-corrected chi connectivity index (χ2v) is 8.26. The Morgan fingerprint density at radius 3 is 2.78 bits per heavy atom. The number of benzene rings is 1. The fourth-order valence-corrected chi connectivity index (χ4v) is 4.37. The van der Waals surface area contributed by atoms with Crippen molar-refractivity contribution in [3.63, 3.8) is 0 Å². The smallest absolute Gasteiger partial charge is 0.224 e. The molecule has 0 saturated carbocycles. The molecule has 0 atom stereocenters. The molecule has 3 aromatic rings. The molecule has 1 N–H and O–H groups in total. The van der Waals surface area contributed by atoms with Crippen molar-refractivity contribution in [3.05, 3.63) is 49.8 Å². The molecule has 0 fully saturated rings. The zero-order chi connectivity index (χ0) is 19.4. The standard InChI is InChI=1S/C18H19BrN4O2S2/c1-22(10-15-9-13(19)11-27-15)16(24)7-8-23-17(20-21-18(23)26)12-3-5-14(25-2)6-4-12/h3-6,9,11H,7-8,10H2,1-2H3,(H,21,26). The van der Waals surface area contributed by atoms with E-state index in [-0.39, 0.29) is 5.91 Å². The van der Waals surface area contributed by atoms with Gasteiger partial charge in [0.15, 0.2) is 10.6 Å². The first kappa shape index (κ1) is 19.8. The maximum absolute atomic E-state index is 12.5. The first-order chi connectivity index (χ1) is 13.0. The third kappa shape index (κ3) is 4.85. The topological polar surface area (TPSA) is 63.1 Å². The Bertz CT molecular complexity index is 978. The van der Waals surface area contributed by atoms with E-state index in [1.807, 2.05) is 47.3 Å². The molecule has 0 saturated heterocycles. The number of hydrogen-bond acceptors (Lipinski definition) is 5. The van der Waals surface area contributed by atoms with Crippen LogP contribution in [0.4, 0.5) is 0 Å². The molecule has 142 valence electrons. The molecule has 0 aliphatic rings. The highest BCUT2D eigenvalue weighted by Crippen LogP contribution is 2.22. The van der Waals surface area contributed by atoms with Crippen LogP contribution in [0.3, 0.4) is 0 Å². The van der Waals surface area contributed by atoms with E-state index in [0.717, 1.165) is 20.7 Å². The summed E-state index contributed by atoms with van der Waals surface area (Å²) >= 11 is 10.4. The van der Waals surface area contributed by atoms with E-state index in [2.05, 4.69) is 26.1 Å². The van der Waals surface area contributed by atoms with E-state index < -0.39 is 0 Å². The van der Waals surface area contributed by atoms with Gasteiger partial charge < -0.3 is 9.64 Å². The average Bonchev–Trinajstić information content (AvgIpc) is 3.25. The molecule has 3 rings (SSSR count). The summed E-state index contributed by atoms with van der Waals surface area (Å²) in [4.78, 5) is 15.4. The van der Waals surface area contributed by atoms with Gasteiger partial charge >= 0.3 is 0 Å². The van der Waals surface area contributed by atoms with Crippen molar-refractivity contribution in [2.45, 2.75) is 19.5 Å². The van der Waals surface area contributed by atoms with Crippen LogP contribution in [0.2, 0.25) is 0 Å². The summed E-state index contributed by atoms with van der Waals surface area (Å²) in [6.07, 6.45) is 0.347. The monoisotopic (exact) mass is 466 g/mol. The van der Waals surface area contributed by atoms with Crippen LogP contribution in [0.15, 0.2) is 40.2 Å². The first-order valence-corrected chi connectivity index (χ1v) is 10.3. The van der Waals surface area contributed by atoms with Gasteiger partial charge in [0.05, 0.1) is 13.7 Å². The Balaban J connectivity index is 1.67. The number of nitrogens with zero attached hydrogens (tertiary/aromatic N) is 3. The van der Waals surface area contributed by atoms with Crippen LogP contribution in [0.25, 0.3) is 11.4 Å². The van der Waals surface area contributed by atoms with Gasteiger partial charge in [-0.3, -0.25) is 14.5 Å². The number of carbonyl (C=O) groups excluding carboxylic acids is 1. The third-order valence-corrected chi connectivity index (χ3v) is 6.09. The van der Waals surface area contributed by atoms with Crippen LogP contribution in [-0.4, -0.2) is 39.7 Å². The minimum atomic E-state index is 0.0586. The number of amides is 1. The molecule has 6 nitrogen and oxygen atoms in total. The van der Waals surface area contributed by atoms with Crippen molar-refractivity contribution in [2.24, 2.45) is 0 Å². The molecular formula is C18H19BrN4O2S2. The fourth-order valence-electron chi connectivity index (χ4n) is 2.64. The van der Waals surface area contributed by atoms with E-state index in [0.29, 0.717) is 30.1 Å². The lowest BCUT2D eigenvalue weighted by Crippen LogP contribution is -2.26. The SMILES string of the molecule is COc1ccc(-c2n[nH]c(=S)n2CCC(=O)N(C)Cc2cc(Br)cs2)cc1. The molecule has 2 heterocycles. The predicted molar refractivity (Wildman–Crippen MR) is 113 cm³/mol. The van der Waals surface area contributed by atoms with Gasteiger partial charge in [0, 0.05) is 40.3 Å². The van der Waals surface area contributed by atoms with E-state index >= 15 is 0 Å². The number of halogens is 1. The lowest BCUT2D eigenvalue weighted by molar-refractivity contribution is -0.130. The Morgan fingerprint density at radius 2 is 2.15 bits per heavy atom. The number of methoxy groups -OCH3 is 1. The molecule has 0 aliphatic heterocycles. The normalized spacial score (nSPS) is 10.8. The summed E-state index contributed by atoms with van der Waals surface area (Å²) in [7, 11) is 3.44. The molecule has 9 heteroatoms. The van der Waals surface area contributed by atoms with Crippen LogP contribution >= 0.6 is 39.5 Å². The Labute approximate surface area is 174 Å². The number of hydrogen-bond donors (Lipinski definition) is 1. The summed E-state index contributed by atoms with van der Waals surface area (Å²) in [5.74, 6) is 1.54. The molecule has 27 heavy (non-hydrogen) atoms. The third-order valence-electron chi connectivity index (χ3n) is 4.10. The average molecular weight is 467 g/mol. The number of ether oxygens (including phenoxy) is 1. The molecule has 1 aromatic carbocycles. The fraction of sp³-hybridized carbons (Fsp3) is 0.278. The van der Waals surface area contributed by atoms with Crippen LogP contribution < -0.4 is 4.74 Å². The highest BCUT2D eigenvalue weighted by molar-refractivity contribution is 9.10. The molecule has 1 amide bonds. The second-order valence-electron chi connectivity index (χ2n) is 5.96. The number of rotatable bonds is 7. The Hall–Kier alpha value is -1.97. The number of thiophene rings is 1. The number of nitrogens with one attached hydrogen (secondary N) is 1. The van der Waals surface area contributed by atoms with Crippen molar-refractivity contribution < 1.29 is 9.53 Å². The highest BCUT2D eigenvalue weighted by Gasteiger charge is 2.14. The van der Waals surface area contributed by atoms with Gasteiger partial charge in [-0.25, -0.2) is 0 Å². The van der Waals surface area contributed by atoms with Crippen LogP contribution in [-0.2, 0) is 17.9 Å². The quantitative estimate of drug-likeness (QED) is 0.521. The largest absolute Gasteiger partial charge is 0.497 e. The number of H-pyrrole nitrogens is 1. The minimum absolute atomic E-state index is 0.0586. The van der Waals surface area contributed by atoms with Crippen molar-refractivity contribution in [2.75, 3.05) is 14.2 Å². The number of aromatic amines is 1. The summed E-state index contributed by atoms with van der Waals surface area (Å²) in [6.45, 7) is 1.06. The second kappa shape index (κ2) is 8.81. The van der Waals surface area contributed by atoms with E-state index in [1.54, 1.807) is 23.3 Å². The van der Waals surface area contributed by atoms with Gasteiger partial charge in [-0.05, 0) is 58.5 Å². The lowest BCUT2D eigenvalue weighted by atomic mass is 10.2. The lowest BCUT2D eigenvalue weighted by Gasteiger charge is -2.16. The van der Waals surface area contributed by atoms with Gasteiger partial charge in [0.1, 0.15) is 5.75 Å². The van der Waals surface area contributed by atoms with Gasteiger partial charge in [-0.1, -0.05) is 0 Å². The van der Waals surface area contributed by atoms with Crippen molar-refractivity contribution in [1.82, 2.24) is 19.7 Å². The molecule has 0 unspecified atom stereocenters. The molecule has 0 aliphatic carbocycles. The molecular weight excluding hydrogens is 448 g/mol. The van der Waals surface area contributed by atoms with Crippen LogP contribution in [0, 0.1) is 4.77 Å². The Kier molecular flexibility index (Phi) is 6.46. The summed E-state index contributed by atoms with van der Waals surface area (Å²) in [5.41, 5.74) is 0.910. The highest BCUT2D eigenvalue weighted by atomic mass is 79.9. The predicted octanol–water partition coefficient (Wildman–Crippen LogP) is 4.49. The van der Waals surface area contributed by atoms with E-state index in [4.69, 9.17) is 17.0 Å². The molecule has 0 spiro atoms. The number of carbonyl (C=O) groups is 1. The Morgan fingerprint density at radius 1 is 1.41 bits per heavy atom. The maximum atomic E-state index is 12.5. The van der Waals surface area contributed by atoms with Gasteiger partial charge in [-0.2, -0.15) is 5.10 Å². The maximum Gasteiger partial charge on any atom is 0.224 e. The van der Waals surface area contributed by atoms with Gasteiger partial charge in [0.25, 0.3) is 0 Å². The zero-order valence-corrected chi connectivity index (χ0v) is 18.2. The molecule has 0 radical (unpaired) electrons. The summed E-state index contributed by atoms with van der Waals surface area (Å²) in [5, 5.41) is 9.14. The van der Waals surface area contributed by atoms with Crippen molar-refractivity contribution in [1.29, 1.82) is 0 Å². The van der Waals surface area contributed by atoms with Crippen molar-refractivity contribution in [3.8, 4) is 17.1 Å². The number of aromatic nitrogens is 3. The molecule has 0 bridgehead atoms. The van der Waals surface area contributed by atoms with Gasteiger partial charge in [-0.15, -0.1) is 11.3 Å². The zero-order valence-electron chi connectivity index (χ0n) is 14.9. The van der Waals surface area contributed by atoms with Gasteiger partial charge in [0.2, 0.25) is 5.91 Å². The van der Waals surface area contributed by atoms with Crippen LogP contribution in [0.1, 0.15) is 11.3 Å². The van der Waals surface area contributed by atoms with E-state index in [9.17, 15) is 4.79 Å². The first-order valence-electron chi connectivity index (χ1n) is 8.24. The van der Waals surface area contributed by atoms with E-state index in [1.165, 1.54) is 0 Å². The summed E-state index contributed by atoms with van der Waals surface area (Å²) < 4.78 is 8.58. The van der Waals surface area contributed by atoms with Crippen LogP contribution in [0.5, 0.6) is 5.75 Å². The minimum Gasteiger partial charge on any atom is -0.497 e. The summed E-state index contributed by atoms with van der Waals surface area (Å²) in [6, 6.07) is 9.61. The van der Waals surface area contributed by atoms with Crippen molar-refractivity contribution >= 4 is 45.4 Å².